The van der Waals surface area contributed by atoms with Crippen molar-refractivity contribution in [2.75, 3.05) is 6.54 Å². The number of carboxylic acids is 1. The summed E-state index contributed by atoms with van der Waals surface area (Å²) in [5.41, 5.74) is 23.6. The molecule has 0 fully saturated rings. The number of benzene rings is 2. The van der Waals surface area contributed by atoms with E-state index >= 15 is 0 Å². The largest absolute Gasteiger partial charge is 0.480 e. The van der Waals surface area contributed by atoms with Crippen LogP contribution in [-0.2, 0) is 36.8 Å². The van der Waals surface area contributed by atoms with Gasteiger partial charge in [-0.15, -0.1) is 0 Å². The first-order chi connectivity index (χ1) is 20.5. The number of guanidine groups is 1. The highest BCUT2D eigenvalue weighted by molar-refractivity contribution is 5.94. The van der Waals surface area contributed by atoms with Crippen LogP contribution in [0.4, 0.5) is 0 Å². The average Bonchev–Trinajstić information content (AvgIpc) is 2.96. The number of carbonyl (C=O) groups excluding carboxylic acids is 4. The van der Waals surface area contributed by atoms with E-state index in [2.05, 4.69) is 20.9 Å². The molecule has 0 aliphatic rings. The van der Waals surface area contributed by atoms with Gasteiger partial charge in [-0.1, -0.05) is 60.7 Å². The van der Waals surface area contributed by atoms with E-state index in [9.17, 15) is 29.1 Å². The van der Waals surface area contributed by atoms with Gasteiger partial charge in [-0.2, -0.15) is 0 Å². The Morgan fingerprint density at radius 2 is 1.19 bits per heavy atom. The average molecular weight is 597 g/mol. The smallest absolute Gasteiger partial charge is 0.326 e. The molecule has 2 aromatic carbocycles. The summed E-state index contributed by atoms with van der Waals surface area (Å²) < 4.78 is 0. The third kappa shape index (κ3) is 13.0. The maximum absolute atomic E-state index is 13.4. The van der Waals surface area contributed by atoms with Crippen molar-refractivity contribution in [2.24, 2.45) is 27.9 Å². The molecule has 4 amide bonds. The van der Waals surface area contributed by atoms with Crippen LogP contribution in [0.3, 0.4) is 0 Å². The Morgan fingerprint density at radius 1 is 0.698 bits per heavy atom. The molecule has 2 aromatic rings. The van der Waals surface area contributed by atoms with Crippen LogP contribution < -0.4 is 38.9 Å². The lowest BCUT2D eigenvalue weighted by Crippen LogP contribution is -2.57. The number of hydrogen-bond acceptors (Lipinski definition) is 7. The van der Waals surface area contributed by atoms with Crippen LogP contribution in [0.1, 0.15) is 36.8 Å². The van der Waals surface area contributed by atoms with Crippen molar-refractivity contribution in [3.05, 3.63) is 71.8 Å². The second-order valence-corrected chi connectivity index (χ2v) is 9.96. The van der Waals surface area contributed by atoms with Crippen molar-refractivity contribution in [2.45, 2.75) is 62.7 Å². The molecule has 0 bridgehead atoms. The van der Waals surface area contributed by atoms with Gasteiger partial charge >= 0.3 is 5.97 Å². The molecular weight excluding hydrogens is 556 g/mol. The van der Waals surface area contributed by atoms with Crippen LogP contribution >= 0.6 is 0 Å². The molecule has 0 aromatic heterocycles. The van der Waals surface area contributed by atoms with Gasteiger partial charge in [0, 0.05) is 19.4 Å². The molecule has 0 spiro atoms. The van der Waals surface area contributed by atoms with E-state index < -0.39 is 53.8 Å². The summed E-state index contributed by atoms with van der Waals surface area (Å²) in [4.78, 5) is 66.8. The third-order valence-corrected chi connectivity index (χ3v) is 6.42. The first kappa shape index (κ1) is 34.2. The summed E-state index contributed by atoms with van der Waals surface area (Å²) in [5.74, 6) is -4.30. The Morgan fingerprint density at radius 3 is 1.70 bits per heavy atom. The number of primary amides is 1. The first-order valence-electron chi connectivity index (χ1n) is 13.8. The Hall–Kier alpha value is -4.98. The molecule has 12 N–H and O–H groups in total. The highest BCUT2D eigenvalue weighted by Gasteiger charge is 2.30. The summed E-state index contributed by atoms with van der Waals surface area (Å²) in [6.45, 7) is 0.143. The molecule has 14 nitrogen and oxygen atoms in total. The fraction of sp³-hybridized carbons (Fsp3) is 0.379. The van der Waals surface area contributed by atoms with Crippen LogP contribution in [0.25, 0.3) is 0 Å². The second-order valence-electron chi connectivity index (χ2n) is 9.96. The first-order valence-corrected chi connectivity index (χ1v) is 13.8. The molecule has 14 heteroatoms. The summed E-state index contributed by atoms with van der Waals surface area (Å²) in [6, 6.07) is 13.0. The van der Waals surface area contributed by atoms with E-state index in [0.29, 0.717) is 5.56 Å². The van der Waals surface area contributed by atoms with Crippen molar-refractivity contribution in [1.82, 2.24) is 16.0 Å². The van der Waals surface area contributed by atoms with E-state index in [1.54, 1.807) is 54.6 Å². The third-order valence-electron chi connectivity index (χ3n) is 6.42. The molecular formula is C29H40N8O6. The van der Waals surface area contributed by atoms with Gasteiger partial charge in [-0.3, -0.25) is 24.2 Å². The van der Waals surface area contributed by atoms with Gasteiger partial charge in [0.05, 0.1) is 6.04 Å². The fourth-order valence-electron chi connectivity index (χ4n) is 4.16. The molecule has 0 radical (unpaired) electrons. The molecule has 0 aliphatic heterocycles. The lowest BCUT2D eigenvalue weighted by atomic mass is 10.0. The van der Waals surface area contributed by atoms with Crippen LogP contribution in [0, 0.1) is 0 Å². The highest BCUT2D eigenvalue weighted by Crippen LogP contribution is 2.08. The van der Waals surface area contributed by atoms with Crippen LogP contribution in [0.5, 0.6) is 0 Å². The minimum atomic E-state index is -1.28. The standard InChI is InChI=1S/C29H40N8O6/c30-20(16-18-8-3-1-4-9-18)25(39)35-22(13-14-24(31)38)27(41)36-21(12-7-15-34-29(32)33)26(40)37-23(28(42)43)17-19-10-5-2-6-11-19/h1-6,8-11,20-23H,7,12-17,30H2,(H2,31,38)(H,35,39)(H,36,41)(H,37,40)(H,42,43)(H4,32,33,34)/t20-,21-,22-,23-/m0/s1. The molecule has 4 atom stereocenters. The molecule has 0 heterocycles. The van der Waals surface area contributed by atoms with Crippen molar-refractivity contribution >= 4 is 35.6 Å². The van der Waals surface area contributed by atoms with Gasteiger partial charge in [-0.25, -0.2) is 4.79 Å². The number of aliphatic imine (C=N–C) groups is 1. The normalized spacial score (nSPS) is 13.4. The van der Waals surface area contributed by atoms with Gasteiger partial charge in [0.15, 0.2) is 5.96 Å². The van der Waals surface area contributed by atoms with Gasteiger partial charge in [0.25, 0.3) is 0 Å². The Labute approximate surface area is 249 Å². The number of amides is 4. The van der Waals surface area contributed by atoms with Crippen molar-refractivity contribution in [3.63, 3.8) is 0 Å². The SMILES string of the molecule is NC(=O)CC[C@H](NC(=O)[C@@H](N)Cc1ccccc1)C(=O)N[C@@H](CCCN=C(N)N)C(=O)N[C@@H](Cc1ccccc1)C(=O)O. The number of rotatable bonds is 18. The molecule has 2 rings (SSSR count). The number of hydrogen-bond donors (Lipinski definition) is 8. The zero-order valence-corrected chi connectivity index (χ0v) is 23.8. The maximum Gasteiger partial charge on any atom is 0.326 e. The predicted octanol–water partition coefficient (Wildman–Crippen LogP) is -1.34. The molecule has 0 saturated carbocycles. The zero-order chi connectivity index (χ0) is 31.8. The number of nitrogens with zero attached hydrogens (tertiary/aromatic N) is 1. The van der Waals surface area contributed by atoms with E-state index in [4.69, 9.17) is 22.9 Å². The summed E-state index contributed by atoms with van der Waals surface area (Å²) >= 11 is 0. The molecule has 0 saturated heterocycles. The van der Waals surface area contributed by atoms with E-state index in [1.807, 2.05) is 6.07 Å². The lowest BCUT2D eigenvalue weighted by molar-refractivity contribution is -0.142. The lowest BCUT2D eigenvalue weighted by Gasteiger charge is -2.25. The van der Waals surface area contributed by atoms with Crippen molar-refractivity contribution in [1.29, 1.82) is 0 Å². The minimum absolute atomic E-state index is 0.00712. The number of nitrogens with one attached hydrogen (secondary N) is 3. The van der Waals surface area contributed by atoms with Crippen molar-refractivity contribution in [3.8, 4) is 0 Å². The molecule has 0 unspecified atom stereocenters. The minimum Gasteiger partial charge on any atom is -0.480 e. The molecule has 232 valence electrons. The molecule has 0 aliphatic carbocycles. The van der Waals surface area contributed by atoms with E-state index in [1.165, 1.54) is 0 Å². The summed E-state index contributed by atoms with van der Waals surface area (Å²) in [7, 11) is 0. The summed E-state index contributed by atoms with van der Waals surface area (Å²) in [6.07, 6.45) is 0.117. The zero-order valence-electron chi connectivity index (χ0n) is 23.8. The fourth-order valence-corrected chi connectivity index (χ4v) is 4.16. The second kappa shape index (κ2) is 17.7. The maximum atomic E-state index is 13.4. The van der Waals surface area contributed by atoms with Gasteiger partial charge in [0.1, 0.15) is 18.1 Å². The molecule has 43 heavy (non-hydrogen) atoms. The Kier molecular flexibility index (Phi) is 14.1. The number of aliphatic carboxylic acids is 1. The Balaban J connectivity index is 2.19. The number of carbonyl (C=O) groups is 5. The van der Waals surface area contributed by atoms with Gasteiger partial charge in [0.2, 0.25) is 23.6 Å². The van der Waals surface area contributed by atoms with Crippen LogP contribution in [0.15, 0.2) is 65.7 Å². The topological polar surface area (TPSA) is 258 Å². The van der Waals surface area contributed by atoms with E-state index in [0.717, 1.165) is 5.56 Å². The number of nitrogens with two attached hydrogens (primary N) is 4. The van der Waals surface area contributed by atoms with Crippen LogP contribution in [0.2, 0.25) is 0 Å². The highest BCUT2D eigenvalue weighted by atomic mass is 16.4. The Bertz CT molecular complexity index is 1250. The quantitative estimate of drug-likeness (QED) is 0.0574. The number of carboxylic acid groups (broad SMARTS) is 1. The monoisotopic (exact) mass is 596 g/mol. The predicted molar refractivity (Wildman–Crippen MR) is 160 cm³/mol. The van der Waals surface area contributed by atoms with Crippen LogP contribution in [-0.4, -0.2) is 71.4 Å². The van der Waals surface area contributed by atoms with Crippen molar-refractivity contribution < 1.29 is 29.1 Å². The van der Waals surface area contributed by atoms with Gasteiger partial charge in [-0.05, 0) is 36.8 Å². The van der Waals surface area contributed by atoms with Gasteiger partial charge < -0.3 is 44.0 Å². The summed E-state index contributed by atoms with van der Waals surface area (Å²) in [5, 5.41) is 17.3. The van der Waals surface area contributed by atoms with E-state index in [-0.39, 0.29) is 51.0 Å².